The molecule has 9 heteroatoms. The van der Waals surface area contributed by atoms with E-state index in [0.717, 1.165) is 0 Å². The summed E-state index contributed by atoms with van der Waals surface area (Å²) >= 11 is 0. The molecule has 1 aromatic heterocycles. The Kier molecular flexibility index (Phi) is 4.63. The van der Waals surface area contributed by atoms with Crippen molar-refractivity contribution in [3.8, 4) is 0 Å². The van der Waals surface area contributed by atoms with Crippen molar-refractivity contribution in [2.24, 2.45) is 10.8 Å². The molecule has 8 nitrogen and oxygen atoms in total. The molecular weight excluding hydrogens is 315 g/mol. The normalized spacial score (nSPS) is 20.2. The summed E-state index contributed by atoms with van der Waals surface area (Å²) in [5, 5.41) is 11.5. The van der Waals surface area contributed by atoms with E-state index < -0.39 is 5.82 Å². The number of nitrogens with zero attached hydrogens (tertiary/aromatic N) is 3. The van der Waals surface area contributed by atoms with Crippen LogP contribution in [-0.4, -0.2) is 62.0 Å². The quantitative estimate of drug-likeness (QED) is 0.668. The lowest BCUT2D eigenvalue weighted by atomic mass is 9.98. The fourth-order valence-electron chi connectivity index (χ4n) is 2.93. The summed E-state index contributed by atoms with van der Waals surface area (Å²) in [5.41, 5.74) is 7.07. The number of hydrogen-bond acceptors (Lipinski definition) is 7. The molecule has 3 heterocycles. The minimum atomic E-state index is -0.514. The van der Waals surface area contributed by atoms with Gasteiger partial charge in [-0.15, -0.1) is 0 Å². The molecule has 24 heavy (non-hydrogen) atoms. The Labute approximate surface area is 139 Å². The van der Waals surface area contributed by atoms with Crippen molar-refractivity contribution >= 4 is 17.9 Å². The van der Waals surface area contributed by atoms with Gasteiger partial charge in [-0.1, -0.05) is 0 Å². The van der Waals surface area contributed by atoms with Gasteiger partial charge in [0.05, 0.1) is 23.8 Å². The van der Waals surface area contributed by atoms with Crippen molar-refractivity contribution in [2.45, 2.75) is 18.5 Å². The first kappa shape index (κ1) is 16.6. The first-order chi connectivity index (χ1) is 11.5. The van der Waals surface area contributed by atoms with E-state index in [1.165, 1.54) is 0 Å². The average Bonchev–Trinajstić information content (AvgIpc) is 3.14. The highest BCUT2D eigenvalue weighted by atomic mass is 19.1. The zero-order chi connectivity index (χ0) is 17.3. The predicted octanol–water partition coefficient (Wildman–Crippen LogP) is -0.135. The number of aromatic nitrogens is 1. The molecule has 2 atom stereocenters. The van der Waals surface area contributed by atoms with Crippen molar-refractivity contribution in [2.75, 3.05) is 39.2 Å². The molecular formula is C15H21FN6O2. The van der Waals surface area contributed by atoms with E-state index in [2.05, 4.69) is 20.7 Å². The van der Waals surface area contributed by atoms with Crippen LogP contribution in [0, 0.1) is 5.82 Å². The van der Waals surface area contributed by atoms with Gasteiger partial charge in [-0.3, -0.25) is 9.80 Å². The summed E-state index contributed by atoms with van der Waals surface area (Å²) in [7, 11) is 3.39. The van der Waals surface area contributed by atoms with Crippen LogP contribution in [-0.2, 0) is 11.3 Å². The number of halogens is 1. The Morgan fingerprint density at radius 1 is 1.62 bits per heavy atom. The molecule has 1 unspecified atom stereocenters. The van der Waals surface area contributed by atoms with Gasteiger partial charge < -0.3 is 21.1 Å². The average molecular weight is 336 g/mol. The summed E-state index contributed by atoms with van der Waals surface area (Å²) in [6, 6.07) is -0.285. The Bertz CT molecular complexity index is 680. The molecule has 0 fully saturated rings. The van der Waals surface area contributed by atoms with Crippen molar-refractivity contribution in [3.05, 3.63) is 22.6 Å². The third-order valence-corrected chi connectivity index (χ3v) is 4.08. The second-order valence-corrected chi connectivity index (χ2v) is 6.00. The minimum absolute atomic E-state index is 0.106. The molecule has 2 aliphatic rings. The molecule has 1 amide bonds. The molecule has 0 aliphatic carbocycles. The molecule has 0 radical (unpaired) electrons. The highest BCUT2D eigenvalue weighted by Gasteiger charge is 2.33. The predicted molar refractivity (Wildman–Crippen MR) is 87.6 cm³/mol. The van der Waals surface area contributed by atoms with Gasteiger partial charge in [-0.2, -0.15) is 5.10 Å². The van der Waals surface area contributed by atoms with E-state index >= 15 is 0 Å². The van der Waals surface area contributed by atoms with Crippen LogP contribution in [0.5, 0.6) is 0 Å². The van der Waals surface area contributed by atoms with Crippen LogP contribution < -0.4 is 16.4 Å². The second kappa shape index (κ2) is 6.70. The van der Waals surface area contributed by atoms with Gasteiger partial charge in [0.15, 0.2) is 11.6 Å². The fraction of sp³-hybridized carbons (Fsp3) is 0.533. The van der Waals surface area contributed by atoms with Crippen LogP contribution >= 0.6 is 0 Å². The summed E-state index contributed by atoms with van der Waals surface area (Å²) in [5.74, 6) is -0.854. The number of hydrazone groups is 1. The number of methoxy groups -OCH3 is 1. The second-order valence-electron chi connectivity index (χ2n) is 6.00. The standard InChI is InChI=1S/C15H21FN6O2/c1-22-6-8(3-20-22)13-11-10(5-19-15(11)23)12(16)14(21-13)18-4-9(17)7-24-2/h3,8-9H,4-7,17H2,1-2H3,(H,18,21)(H,19,23)/t8?,9-/m1/s1. The van der Waals surface area contributed by atoms with Crippen molar-refractivity contribution in [3.63, 3.8) is 0 Å². The fourth-order valence-corrected chi connectivity index (χ4v) is 2.93. The van der Waals surface area contributed by atoms with Gasteiger partial charge >= 0.3 is 0 Å². The van der Waals surface area contributed by atoms with Crippen molar-refractivity contribution in [1.29, 1.82) is 0 Å². The molecule has 0 bridgehead atoms. The van der Waals surface area contributed by atoms with Gasteiger partial charge in [0.1, 0.15) is 0 Å². The number of anilines is 1. The molecule has 130 valence electrons. The maximum absolute atomic E-state index is 14.7. The van der Waals surface area contributed by atoms with E-state index in [-0.39, 0.29) is 30.2 Å². The molecule has 0 spiro atoms. The lowest BCUT2D eigenvalue weighted by molar-refractivity contribution is 0.0964. The molecule has 3 rings (SSSR count). The van der Waals surface area contributed by atoms with E-state index in [1.807, 2.05) is 7.05 Å². The largest absolute Gasteiger partial charge is 0.383 e. The van der Waals surface area contributed by atoms with Crippen LogP contribution in [0.3, 0.4) is 0 Å². The monoisotopic (exact) mass is 336 g/mol. The molecule has 1 aromatic rings. The summed E-state index contributed by atoms with van der Waals surface area (Å²) in [6.07, 6.45) is 1.73. The number of fused-ring (bicyclic) bond motifs is 1. The zero-order valence-corrected chi connectivity index (χ0v) is 13.7. The number of pyridine rings is 1. The molecule has 0 saturated carbocycles. The zero-order valence-electron chi connectivity index (χ0n) is 13.7. The smallest absolute Gasteiger partial charge is 0.253 e. The number of carbonyl (C=O) groups excluding carboxylic acids is 1. The summed E-state index contributed by atoms with van der Waals surface area (Å²) < 4.78 is 19.7. The Hall–Kier alpha value is -2.26. The highest BCUT2D eigenvalue weighted by molar-refractivity contribution is 6.00. The van der Waals surface area contributed by atoms with E-state index in [0.29, 0.717) is 36.5 Å². The summed E-state index contributed by atoms with van der Waals surface area (Å²) in [4.78, 5) is 16.5. The molecule has 4 N–H and O–H groups in total. The van der Waals surface area contributed by atoms with Gasteiger partial charge in [-0.05, 0) is 0 Å². The number of nitrogens with one attached hydrogen (secondary N) is 2. The Morgan fingerprint density at radius 3 is 3.08 bits per heavy atom. The van der Waals surface area contributed by atoms with Gasteiger partial charge in [0.2, 0.25) is 0 Å². The number of ether oxygens (including phenoxy) is 1. The van der Waals surface area contributed by atoms with E-state index in [1.54, 1.807) is 18.3 Å². The number of nitrogens with two attached hydrogens (primary N) is 1. The maximum atomic E-state index is 14.7. The summed E-state index contributed by atoms with van der Waals surface area (Å²) in [6.45, 7) is 1.43. The molecule has 2 aliphatic heterocycles. The first-order valence-corrected chi connectivity index (χ1v) is 7.75. The Morgan fingerprint density at radius 2 is 2.42 bits per heavy atom. The third-order valence-electron chi connectivity index (χ3n) is 4.08. The van der Waals surface area contributed by atoms with Crippen LogP contribution in [0.2, 0.25) is 0 Å². The van der Waals surface area contributed by atoms with Crippen molar-refractivity contribution < 1.29 is 13.9 Å². The van der Waals surface area contributed by atoms with Crippen LogP contribution in [0.25, 0.3) is 0 Å². The highest BCUT2D eigenvalue weighted by Crippen LogP contribution is 2.31. The number of hydrogen-bond donors (Lipinski definition) is 3. The number of amides is 1. The first-order valence-electron chi connectivity index (χ1n) is 7.75. The minimum Gasteiger partial charge on any atom is -0.383 e. The topological polar surface area (TPSA) is 105 Å². The Balaban J connectivity index is 1.93. The van der Waals surface area contributed by atoms with Crippen molar-refractivity contribution in [1.82, 2.24) is 15.3 Å². The SMILES string of the molecule is COC[C@H](N)CNc1nc(C2C=NN(C)C2)c2c(c1F)CNC2=O. The third kappa shape index (κ3) is 3.04. The van der Waals surface area contributed by atoms with Crippen LogP contribution in [0.1, 0.15) is 27.5 Å². The maximum Gasteiger partial charge on any atom is 0.253 e. The molecule has 0 aromatic carbocycles. The number of carbonyl (C=O) groups is 1. The van der Waals surface area contributed by atoms with E-state index in [9.17, 15) is 9.18 Å². The van der Waals surface area contributed by atoms with Gasteiger partial charge in [0, 0.05) is 51.6 Å². The van der Waals surface area contributed by atoms with Gasteiger partial charge in [-0.25, -0.2) is 9.37 Å². The van der Waals surface area contributed by atoms with Crippen LogP contribution in [0.15, 0.2) is 5.10 Å². The lowest BCUT2D eigenvalue weighted by Crippen LogP contribution is -2.34. The lowest BCUT2D eigenvalue weighted by Gasteiger charge is -2.17. The van der Waals surface area contributed by atoms with Crippen LogP contribution in [0.4, 0.5) is 10.2 Å². The number of likely N-dealkylation sites (N-methyl/N-ethyl adjacent to an activating group) is 1. The van der Waals surface area contributed by atoms with Gasteiger partial charge in [0.25, 0.3) is 5.91 Å². The van der Waals surface area contributed by atoms with E-state index in [4.69, 9.17) is 10.5 Å². The number of rotatable bonds is 6. The molecule has 0 saturated heterocycles.